The van der Waals surface area contributed by atoms with E-state index in [1.54, 1.807) is 55.5 Å². The number of rotatable bonds is 7. The summed E-state index contributed by atoms with van der Waals surface area (Å²) >= 11 is 0. The highest BCUT2D eigenvalue weighted by Gasteiger charge is 2.15. The minimum absolute atomic E-state index is 0.0650. The molecule has 0 aliphatic rings. The normalized spacial score (nSPS) is 11.4. The zero-order valence-corrected chi connectivity index (χ0v) is 13.1. The Bertz CT molecular complexity index is 722. The number of amides is 1. The fourth-order valence-corrected chi connectivity index (χ4v) is 2.01. The highest BCUT2D eigenvalue weighted by atomic mass is 16.5. The number of hydrogen-bond donors (Lipinski definition) is 2. The molecule has 0 fully saturated rings. The van der Waals surface area contributed by atoms with Crippen molar-refractivity contribution < 1.29 is 24.2 Å². The number of nitrogens with one attached hydrogen (secondary N) is 1. The quantitative estimate of drug-likeness (QED) is 0.762. The third-order valence-electron chi connectivity index (χ3n) is 3.28. The molecule has 124 valence electrons. The lowest BCUT2D eigenvalue weighted by Crippen LogP contribution is -2.30. The van der Waals surface area contributed by atoms with E-state index in [-0.39, 0.29) is 12.3 Å². The molecular weight excluding hydrogens is 310 g/mol. The van der Waals surface area contributed by atoms with Gasteiger partial charge < -0.3 is 15.2 Å². The molecule has 24 heavy (non-hydrogen) atoms. The largest absolute Gasteiger partial charge is 0.481 e. The van der Waals surface area contributed by atoms with Crippen LogP contribution in [0.15, 0.2) is 48.5 Å². The first-order valence-corrected chi connectivity index (χ1v) is 7.31. The Morgan fingerprint density at radius 2 is 1.75 bits per heavy atom. The van der Waals surface area contributed by atoms with Crippen LogP contribution in [-0.2, 0) is 16.0 Å². The molecule has 0 aliphatic heterocycles. The zero-order chi connectivity index (χ0) is 17.5. The number of carbonyl (C=O) groups excluding carboxylic acids is 2. The van der Waals surface area contributed by atoms with Crippen molar-refractivity contribution in [3.05, 3.63) is 59.7 Å². The number of hydrogen-bond acceptors (Lipinski definition) is 4. The van der Waals surface area contributed by atoms with Gasteiger partial charge in [-0.15, -0.1) is 0 Å². The van der Waals surface area contributed by atoms with Gasteiger partial charge in [0.05, 0.1) is 6.42 Å². The van der Waals surface area contributed by atoms with E-state index in [1.807, 2.05) is 0 Å². The minimum Gasteiger partial charge on any atom is -0.481 e. The van der Waals surface area contributed by atoms with Crippen LogP contribution in [0, 0.1) is 0 Å². The zero-order valence-electron chi connectivity index (χ0n) is 13.1. The van der Waals surface area contributed by atoms with Gasteiger partial charge in [0.1, 0.15) is 12.0 Å². The first-order chi connectivity index (χ1) is 11.5. The number of carbonyl (C=O) groups is 3. The third kappa shape index (κ3) is 4.95. The molecular formula is C18H17NO5. The van der Waals surface area contributed by atoms with Crippen LogP contribution in [0.4, 0.5) is 5.69 Å². The number of ether oxygens (including phenoxy) is 1. The second kappa shape index (κ2) is 7.92. The fourth-order valence-electron chi connectivity index (χ4n) is 2.01. The van der Waals surface area contributed by atoms with Crippen molar-refractivity contribution in [2.24, 2.45) is 0 Å². The van der Waals surface area contributed by atoms with E-state index in [2.05, 4.69) is 5.32 Å². The molecule has 0 radical (unpaired) electrons. The summed E-state index contributed by atoms with van der Waals surface area (Å²) in [5, 5.41) is 11.4. The monoisotopic (exact) mass is 327 g/mol. The SMILES string of the molecule is CC(Oc1ccc(C=O)cc1)C(=O)Nc1ccc(CC(=O)O)cc1. The molecule has 1 atom stereocenters. The number of anilines is 1. The van der Waals surface area contributed by atoms with Crippen molar-refractivity contribution in [3.63, 3.8) is 0 Å². The van der Waals surface area contributed by atoms with Gasteiger partial charge in [-0.2, -0.15) is 0 Å². The van der Waals surface area contributed by atoms with Gasteiger partial charge in [0, 0.05) is 11.3 Å². The lowest BCUT2D eigenvalue weighted by Gasteiger charge is -2.15. The van der Waals surface area contributed by atoms with Gasteiger partial charge in [-0.1, -0.05) is 12.1 Å². The van der Waals surface area contributed by atoms with Gasteiger partial charge in [0.25, 0.3) is 5.91 Å². The van der Waals surface area contributed by atoms with Crippen LogP contribution in [0.2, 0.25) is 0 Å². The number of aldehydes is 1. The summed E-state index contributed by atoms with van der Waals surface area (Å²) < 4.78 is 5.52. The predicted octanol–water partition coefficient (Wildman–Crippen LogP) is 2.53. The van der Waals surface area contributed by atoms with E-state index in [1.165, 1.54) is 0 Å². The Balaban J connectivity index is 1.92. The fraction of sp³-hybridized carbons (Fsp3) is 0.167. The summed E-state index contributed by atoms with van der Waals surface area (Å²) in [5.41, 5.74) is 1.74. The van der Waals surface area contributed by atoms with Gasteiger partial charge in [0.2, 0.25) is 0 Å². The van der Waals surface area contributed by atoms with E-state index in [4.69, 9.17) is 9.84 Å². The average molecular weight is 327 g/mol. The van der Waals surface area contributed by atoms with Crippen molar-refractivity contribution in [2.45, 2.75) is 19.4 Å². The van der Waals surface area contributed by atoms with Crippen LogP contribution < -0.4 is 10.1 Å². The van der Waals surface area contributed by atoms with E-state index in [0.717, 1.165) is 6.29 Å². The van der Waals surface area contributed by atoms with E-state index in [9.17, 15) is 14.4 Å². The van der Waals surface area contributed by atoms with Crippen molar-refractivity contribution in [1.82, 2.24) is 0 Å². The Morgan fingerprint density at radius 3 is 2.29 bits per heavy atom. The third-order valence-corrected chi connectivity index (χ3v) is 3.28. The summed E-state index contributed by atoms with van der Waals surface area (Å²) in [4.78, 5) is 33.3. The second-order valence-electron chi connectivity index (χ2n) is 5.20. The molecule has 0 heterocycles. The minimum atomic E-state index is -0.908. The molecule has 0 saturated carbocycles. The van der Waals surface area contributed by atoms with Crippen LogP contribution in [0.3, 0.4) is 0 Å². The highest BCUT2D eigenvalue weighted by Crippen LogP contribution is 2.15. The molecule has 2 aromatic rings. The molecule has 0 aliphatic carbocycles. The molecule has 6 heteroatoms. The lowest BCUT2D eigenvalue weighted by atomic mass is 10.1. The molecule has 0 bridgehead atoms. The molecule has 1 unspecified atom stereocenters. The number of benzene rings is 2. The van der Waals surface area contributed by atoms with E-state index >= 15 is 0 Å². The van der Waals surface area contributed by atoms with Gasteiger partial charge in [-0.3, -0.25) is 14.4 Å². The molecule has 2 aromatic carbocycles. The van der Waals surface area contributed by atoms with Crippen LogP contribution in [0.5, 0.6) is 5.75 Å². The molecule has 0 spiro atoms. The van der Waals surface area contributed by atoms with Crippen LogP contribution in [0.25, 0.3) is 0 Å². The predicted molar refractivity (Wildman–Crippen MR) is 88.3 cm³/mol. The van der Waals surface area contributed by atoms with Crippen molar-refractivity contribution in [2.75, 3.05) is 5.32 Å². The first-order valence-electron chi connectivity index (χ1n) is 7.31. The molecule has 0 aromatic heterocycles. The summed E-state index contributed by atoms with van der Waals surface area (Å²) in [5.74, 6) is -0.755. The maximum Gasteiger partial charge on any atom is 0.307 e. The van der Waals surface area contributed by atoms with Gasteiger partial charge in [0.15, 0.2) is 6.10 Å². The van der Waals surface area contributed by atoms with Gasteiger partial charge in [-0.25, -0.2) is 0 Å². The molecule has 6 nitrogen and oxygen atoms in total. The van der Waals surface area contributed by atoms with Crippen LogP contribution >= 0.6 is 0 Å². The molecule has 1 amide bonds. The van der Waals surface area contributed by atoms with Crippen molar-refractivity contribution >= 4 is 23.9 Å². The lowest BCUT2D eigenvalue weighted by molar-refractivity contribution is -0.136. The van der Waals surface area contributed by atoms with E-state index in [0.29, 0.717) is 22.6 Å². The number of aliphatic carboxylic acids is 1. The summed E-state index contributed by atoms with van der Waals surface area (Å²) in [6.45, 7) is 1.61. The highest BCUT2D eigenvalue weighted by molar-refractivity contribution is 5.94. The van der Waals surface area contributed by atoms with Crippen molar-refractivity contribution in [3.8, 4) is 5.75 Å². The smallest absolute Gasteiger partial charge is 0.307 e. The Labute approximate surface area is 139 Å². The molecule has 2 N–H and O–H groups in total. The van der Waals surface area contributed by atoms with E-state index < -0.39 is 12.1 Å². The average Bonchev–Trinajstić information content (AvgIpc) is 2.56. The first kappa shape index (κ1) is 17.2. The Kier molecular flexibility index (Phi) is 5.68. The maximum atomic E-state index is 12.1. The summed E-state index contributed by atoms with van der Waals surface area (Å²) in [6, 6.07) is 13.0. The molecule has 2 rings (SSSR count). The van der Waals surface area contributed by atoms with Gasteiger partial charge in [-0.05, 0) is 48.9 Å². The molecule has 0 saturated heterocycles. The Morgan fingerprint density at radius 1 is 1.12 bits per heavy atom. The number of carboxylic acids is 1. The maximum absolute atomic E-state index is 12.1. The summed E-state index contributed by atoms with van der Waals surface area (Å²) in [7, 11) is 0. The Hall–Kier alpha value is -3.15. The summed E-state index contributed by atoms with van der Waals surface area (Å²) in [6.07, 6.45) is -0.0656. The van der Waals surface area contributed by atoms with Crippen LogP contribution in [-0.4, -0.2) is 29.4 Å². The standard InChI is InChI=1S/C18H17NO5/c1-12(24-16-8-4-14(11-20)5-9-16)18(23)19-15-6-2-13(3-7-15)10-17(21)22/h2-9,11-12H,10H2,1H3,(H,19,23)(H,21,22). The number of carboxylic acid groups (broad SMARTS) is 1. The second-order valence-corrected chi connectivity index (χ2v) is 5.20. The van der Waals surface area contributed by atoms with Gasteiger partial charge >= 0.3 is 5.97 Å². The topological polar surface area (TPSA) is 92.7 Å². The van der Waals surface area contributed by atoms with Crippen molar-refractivity contribution in [1.29, 1.82) is 0 Å². The van der Waals surface area contributed by atoms with Crippen LogP contribution in [0.1, 0.15) is 22.8 Å².